The summed E-state index contributed by atoms with van der Waals surface area (Å²) in [7, 11) is 0. The molecule has 24 heavy (non-hydrogen) atoms. The molecule has 5 rings (SSSR count). The second kappa shape index (κ2) is 5.26. The molecule has 3 aromatic rings. The highest BCUT2D eigenvalue weighted by Crippen LogP contribution is 2.40. The zero-order valence-electron chi connectivity index (χ0n) is 12.8. The molecule has 0 radical (unpaired) electrons. The zero-order valence-corrected chi connectivity index (χ0v) is 13.5. The molecule has 3 heterocycles. The summed E-state index contributed by atoms with van der Waals surface area (Å²) in [4.78, 5) is 0. The monoisotopic (exact) mass is 339 g/mol. The fraction of sp³-hybridized carbons (Fsp3) is 0.167. The summed E-state index contributed by atoms with van der Waals surface area (Å²) >= 11 is 6.05. The molecule has 0 atom stereocenters. The number of para-hydroxylation sites is 1. The minimum Gasteiger partial charge on any atom is -0.454 e. The van der Waals surface area contributed by atoms with Crippen molar-refractivity contribution in [3.8, 4) is 28.4 Å². The first-order valence-corrected chi connectivity index (χ1v) is 8.15. The minimum atomic E-state index is 0.241. The lowest BCUT2D eigenvalue weighted by atomic mass is 10.1. The number of nitrogens with one attached hydrogen (secondary N) is 1. The summed E-state index contributed by atoms with van der Waals surface area (Å²) in [6.07, 6.45) is 0. The zero-order chi connectivity index (χ0) is 16.1. The Labute approximate surface area is 143 Å². The molecule has 120 valence electrons. The topological polar surface area (TPSA) is 48.3 Å². The molecule has 0 bridgehead atoms. The quantitative estimate of drug-likeness (QED) is 0.776. The van der Waals surface area contributed by atoms with Crippen molar-refractivity contribution in [1.82, 2.24) is 15.1 Å². The lowest BCUT2D eigenvalue weighted by molar-refractivity contribution is 0.173. The van der Waals surface area contributed by atoms with E-state index in [0.717, 1.165) is 52.2 Å². The van der Waals surface area contributed by atoms with E-state index in [2.05, 4.69) is 5.32 Å². The molecule has 0 amide bonds. The van der Waals surface area contributed by atoms with Crippen LogP contribution in [0.1, 0.15) is 11.3 Å². The molecule has 2 aromatic carbocycles. The number of benzene rings is 2. The second-order valence-electron chi connectivity index (χ2n) is 5.81. The van der Waals surface area contributed by atoms with Crippen molar-refractivity contribution in [2.45, 2.75) is 13.1 Å². The number of ether oxygens (including phenoxy) is 2. The number of nitrogens with zero attached hydrogens (tertiary/aromatic N) is 2. The first kappa shape index (κ1) is 13.9. The van der Waals surface area contributed by atoms with Crippen LogP contribution in [0.3, 0.4) is 0 Å². The van der Waals surface area contributed by atoms with Gasteiger partial charge in [-0.15, -0.1) is 0 Å². The number of hydrogen-bond acceptors (Lipinski definition) is 4. The van der Waals surface area contributed by atoms with Crippen molar-refractivity contribution in [3.05, 3.63) is 58.7 Å². The van der Waals surface area contributed by atoms with Crippen LogP contribution in [0.5, 0.6) is 11.5 Å². The van der Waals surface area contributed by atoms with Crippen LogP contribution in [0.25, 0.3) is 16.9 Å². The van der Waals surface area contributed by atoms with Crippen LogP contribution in [0, 0.1) is 0 Å². The number of hydrogen-bond donors (Lipinski definition) is 1. The van der Waals surface area contributed by atoms with E-state index in [1.165, 1.54) is 5.56 Å². The minimum absolute atomic E-state index is 0.241. The smallest absolute Gasteiger partial charge is 0.231 e. The normalized spacial score (nSPS) is 14.9. The van der Waals surface area contributed by atoms with Gasteiger partial charge in [0.2, 0.25) is 6.79 Å². The first-order chi connectivity index (χ1) is 11.8. The third kappa shape index (κ3) is 2.02. The Balaban J connectivity index is 1.76. The van der Waals surface area contributed by atoms with Gasteiger partial charge in [0.15, 0.2) is 11.5 Å². The van der Waals surface area contributed by atoms with E-state index in [-0.39, 0.29) is 6.79 Å². The summed E-state index contributed by atoms with van der Waals surface area (Å²) in [5, 5.41) is 8.90. The third-order valence-electron chi connectivity index (χ3n) is 4.38. The SMILES string of the molecule is Clc1ccc(-c2c3c(nn2-c2cccc4c2OCO4)CNC3)cc1. The van der Waals surface area contributed by atoms with Gasteiger partial charge < -0.3 is 14.8 Å². The molecule has 6 heteroatoms. The molecule has 1 aromatic heterocycles. The molecule has 0 spiro atoms. The lowest BCUT2D eigenvalue weighted by Crippen LogP contribution is -2.08. The molecule has 1 N–H and O–H groups in total. The predicted octanol–water partition coefficient (Wildman–Crippen LogP) is 3.52. The highest BCUT2D eigenvalue weighted by atomic mass is 35.5. The van der Waals surface area contributed by atoms with Crippen molar-refractivity contribution in [1.29, 1.82) is 0 Å². The number of aromatic nitrogens is 2. The summed E-state index contributed by atoms with van der Waals surface area (Å²) < 4.78 is 13.1. The Bertz CT molecular complexity index is 934. The fourth-order valence-electron chi connectivity index (χ4n) is 3.29. The van der Waals surface area contributed by atoms with Crippen LogP contribution >= 0.6 is 11.6 Å². The molecule has 0 aliphatic carbocycles. The van der Waals surface area contributed by atoms with Crippen LogP contribution in [0.4, 0.5) is 0 Å². The van der Waals surface area contributed by atoms with Crippen molar-refractivity contribution in [2.75, 3.05) is 6.79 Å². The van der Waals surface area contributed by atoms with Crippen molar-refractivity contribution >= 4 is 11.6 Å². The van der Waals surface area contributed by atoms with Crippen LogP contribution in [0.2, 0.25) is 5.02 Å². The van der Waals surface area contributed by atoms with E-state index in [9.17, 15) is 0 Å². The lowest BCUT2D eigenvalue weighted by Gasteiger charge is -2.12. The van der Waals surface area contributed by atoms with Crippen LogP contribution in [0.15, 0.2) is 42.5 Å². The van der Waals surface area contributed by atoms with Gasteiger partial charge in [-0.1, -0.05) is 29.8 Å². The van der Waals surface area contributed by atoms with Gasteiger partial charge in [0.1, 0.15) is 5.69 Å². The van der Waals surface area contributed by atoms with Gasteiger partial charge in [-0.25, -0.2) is 4.68 Å². The summed E-state index contributed by atoms with van der Waals surface area (Å²) in [6, 6.07) is 13.7. The van der Waals surface area contributed by atoms with Gasteiger partial charge >= 0.3 is 0 Å². The summed E-state index contributed by atoms with van der Waals surface area (Å²) in [5.41, 5.74) is 5.32. The van der Waals surface area contributed by atoms with Crippen molar-refractivity contribution < 1.29 is 9.47 Å². The molecular weight excluding hydrogens is 326 g/mol. The van der Waals surface area contributed by atoms with E-state index < -0.39 is 0 Å². The largest absolute Gasteiger partial charge is 0.454 e. The maximum atomic E-state index is 6.05. The summed E-state index contributed by atoms with van der Waals surface area (Å²) in [6.45, 7) is 1.82. The van der Waals surface area contributed by atoms with Crippen LogP contribution < -0.4 is 14.8 Å². The molecule has 2 aliphatic rings. The molecule has 5 nitrogen and oxygen atoms in total. The maximum absolute atomic E-state index is 6.05. The number of halogens is 1. The third-order valence-corrected chi connectivity index (χ3v) is 4.63. The fourth-order valence-corrected chi connectivity index (χ4v) is 3.42. The van der Waals surface area contributed by atoms with Gasteiger partial charge in [0.05, 0.1) is 11.4 Å². The Morgan fingerprint density at radius 3 is 2.79 bits per heavy atom. The molecular formula is C18H14ClN3O2. The molecule has 0 saturated heterocycles. The van der Waals surface area contributed by atoms with Gasteiger partial charge in [0, 0.05) is 29.2 Å². The molecule has 2 aliphatic heterocycles. The first-order valence-electron chi connectivity index (χ1n) is 7.77. The standard InChI is InChI=1S/C18H14ClN3O2/c19-12-6-4-11(5-7-12)17-13-8-20-9-14(13)21-22(17)15-2-1-3-16-18(15)24-10-23-16/h1-7,20H,8-10H2. The maximum Gasteiger partial charge on any atom is 0.231 e. The van der Waals surface area contributed by atoms with E-state index in [1.54, 1.807) is 0 Å². The Kier molecular flexibility index (Phi) is 3.04. The van der Waals surface area contributed by atoms with E-state index in [4.69, 9.17) is 26.2 Å². The van der Waals surface area contributed by atoms with Gasteiger partial charge in [-0.3, -0.25) is 0 Å². The van der Waals surface area contributed by atoms with E-state index in [1.807, 2.05) is 47.1 Å². The predicted molar refractivity (Wildman–Crippen MR) is 90.7 cm³/mol. The number of rotatable bonds is 2. The van der Waals surface area contributed by atoms with Crippen LogP contribution in [-0.2, 0) is 13.1 Å². The Morgan fingerprint density at radius 1 is 1.04 bits per heavy atom. The Morgan fingerprint density at radius 2 is 1.92 bits per heavy atom. The average Bonchev–Trinajstić information content (AvgIpc) is 3.30. The van der Waals surface area contributed by atoms with Gasteiger partial charge in [0.25, 0.3) is 0 Å². The number of fused-ring (bicyclic) bond motifs is 2. The highest BCUT2D eigenvalue weighted by molar-refractivity contribution is 6.30. The Hall–Kier alpha value is -2.50. The van der Waals surface area contributed by atoms with E-state index in [0.29, 0.717) is 0 Å². The second-order valence-corrected chi connectivity index (χ2v) is 6.24. The van der Waals surface area contributed by atoms with Crippen molar-refractivity contribution in [3.63, 3.8) is 0 Å². The summed E-state index contributed by atoms with van der Waals surface area (Å²) in [5.74, 6) is 1.49. The van der Waals surface area contributed by atoms with Gasteiger partial charge in [-0.2, -0.15) is 5.10 Å². The highest BCUT2D eigenvalue weighted by Gasteiger charge is 2.27. The van der Waals surface area contributed by atoms with E-state index >= 15 is 0 Å². The molecule has 0 fully saturated rings. The average molecular weight is 340 g/mol. The van der Waals surface area contributed by atoms with Crippen LogP contribution in [-0.4, -0.2) is 16.6 Å². The molecule has 0 saturated carbocycles. The molecule has 0 unspecified atom stereocenters. The van der Waals surface area contributed by atoms with Gasteiger partial charge in [-0.05, 0) is 24.3 Å². The van der Waals surface area contributed by atoms with Crippen molar-refractivity contribution in [2.24, 2.45) is 0 Å².